The number of carboxylic acids is 1. The molecule has 0 unspecified atom stereocenters. The Morgan fingerprint density at radius 1 is 0.886 bits per heavy atom. The molecule has 2 aromatic rings. The van der Waals surface area contributed by atoms with Gasteiger partial charge in [0.15, 0.2) is 0 Å². The number of rotatable bonds is 6. The Hall–Kier alpha value is -2.07. The predicted molar refractivity (Wildman–Crippen MR) is 140 cm³/mol. The van der Waals surface area contributed by atoms with E-state index in [0.717, 1.165) is 44.6 Å². The van der Waals surface area contributed by atoms with Crippen LogP contribution >= 0.6 is 0 Å². The van der Waals surface area contributed by atoms with Gasteiger partial charge in [-0.2, -0.15) is 0 Å². The van der Waals surface area contributed by atoms with Gasteiger partial charge in [0.25, 0.3) is 0 Å². The van der Waals surface area contributed by atoms with E-state index in [0.29, 0.717) is 23.4 Å². The summed E-state index contributed by atoms with van der Waals surface area (Å²) in [7, 11) is 0. The van der Waals surface area contributed by atoms with Crippen LogP contribution in [0.4, 0.5) is 0 Å². The SMILES string of the molecule is O=C(O)[C@H]1CCC[C@H](C2CN(Cc3ccc4cc(OC5CCC6(CCCC6)CC5)ccc4c3)C2)C1. The van der Waals surface area contributed by atoms with Gasteiger partial charge in [-0.25, -0.2) is 0 Å². The molecule has 1 N–H and O–H groups in total. The molecule has 0 aromatic heterocycles. The van der Waals surface area contributed by atoms with Gasteiger partial charge in [-0.05, 0) is 103 Å². The molecule has 3 saturated carbocycles. The number of carboxylic acid groups (broad SMARTS) is 1. The molecular formula is C31H41NO3. The second-order valence-electron chi connectivity index (χ2n) is 12.3. The van der Waals surface area contributed by atoms with Crippen LogP contribution < -0.4 is 4.74 Å². The third-order valence-corrected chi connectivity index (χ3v) is 9.96. The highest BCUT2D eigenvalue weighted by Crippen LogP contribution is 2.49. The van der Waals surface area contributed by atoms with Crippen LogP contribution in [-0.2, 0) is 11.3 Å². The molecule has 4 nitrogen and oxygen atoms in total. The summed E-state index contributed by atoms with van der Waals surface area (Å²) in [5.41, 5.74) is 2.03. The van der Waals surface area contributed by atoms with Crippen molar-refractivity contribution in [1.29, 1.82) is 0 Å². The van der Waals surface area contributed by atoms with Gasteiger partial charge in [-0.15, -0.1) is 0 Å². The first-order valence-corrected chi connectivity index (χ1v) is 14.2. The van der Waals surface area contributed by atoms with E-state index in [1.54, 1.807) is 0 Å². The largest absolute Gasteiger partial charge is 0.490 e. The van der Waals surface area contributed by atoms with Crippen molar-refractivity contribution in [3.8, 4) is 5.75 Å². The van der Waals surface area contributed by atoms with Crippen molar-refractivity contribution in [2.24, 2.45) is 23.2 Å². The van der Waals surface area contributed by atoms with Crippen LogP contribution in [-0.4, -0.2) is 35.2 Å². The van der Waals surface area contributed by atoms with E-state index in [9.17, 15) is 9.90 Å². The minimum atomic E-state index is -0.591. The smallest absolute Gasteiger partial charge is 0.306 e. The summed E-state index contributed by atoms with van der Waals surface area (Å²) >= 11 is 0. The minimum absolute atomic E-state index is 0.112. The van der Waals surface area contributed by atoms with Gasteiger partial charge in [-0.3, -0.25) is 9.69 Å². The fraction of sp³-hybridized carbons (Fsp3) is 0.645. The number of nitrogens with zero attached hydrogens (tertiary/aromatic N) is 1. The molecular weight excluding hydrogens is 434 g/mol. The number of carbonyl (C=O) groups is 1. The number of ether oxygens (including phenoxy) is 1. The maximum absolute atomic E-state index is 11.4. The van der Waals surface area contributed by atoms with E-state index in [1.807, 2.05) is 0 Å². The van der Waals surface area contributed by atoms with Crippen molar-refractivity contribution in [3.05, 3.63) is 42.0 Å². The van der Waals surface area contributed by atoms with E-state index in [2.05, 4.69) is 41.3 Å². The average Bonchev–Trinajstić information content (AvgIpc) is 3.31. The van der Waals surface area contributed by atoms with Gasteiger partial charge in [0.05, 0.1) is 12.0 Å². The molecule has 1 aliphatic heterocycles. The van der Waals surface area contributed by atoms with E-state index < -0.39 is 5.97 Å². The molecule has 3 aliphatic carbocycles. The third-order valence-electron chi connectivity index (χ3n) is 9.96. The molecule has 1 spiro atoms. The van der Waals surface area contributed by atoms with E-state index >= 15 is 0 Å². The summed E-state index contributed by atoms with van der Waals surface area (Å²) in [4.78, 5) is 13.9. The maximum atomic E-state index is 11.4. The highest BCUT2D eigenvalue weighted by molar-refractivity contribution is 5.84. The molecule has 4 fully saturated rings. The molecule has 4 aliphatic rings. The standard InChI is InChI=1S/C31H41NO3/c33-30(34)26-5-3-4-23(17-26)27-20-32(21-27)19-22-6-7-25-18-29(9-8-24(25)16-22)35-28-10-14-31(15-11-28)12-1-2-13-31/h6-9,16,18,23,26-28H,1-5,10-15,17,19-21H2,(H,33,34)/t23-,26-/m0/s1. The lowest BCUT2D eigenvalue weighted by Gasteiger charge is -2.45. The lowest BCUT2D eigenvalue weighted by molar-refractivity contribution is -0.144. The predicted octanol–water partition coefficient (Wildman–Crippen LogP) is 7.04. The first kappa shape index (κ1) is 23.3. The van der Waals surface area contributed by atoms with Crippen LogP contribution in [0.25, 0.3) is 10.8 Å². The molecule has 4 heteroatoms. The summed E-state index contributed by atoms with van der Waals surface area (Å²) in [5.74, 6) is 1.60. The van der Waals surface area contributed by atoms with Crippen LogP contribution in [0.1, 0.15) is 82.6 Å². The van der Waals surface area contributed by atoms with Crippen molar-refractivity contribution in [1.82, 2.24) is 4.90 Å². The van der Waals surface area contributed by atoms with Crippen molar-refractivity contribution < 1.29 is 14.6 Å². The van der Waals surface area contributed by atoms with E-state index in [-0.39, 0.29) is 5.92 Å². The lowest BCUT2D eigenvalue weighted by Crippen LogP contribution is -2.50. The zero-order valence-corrected chi connectivity index (χ0v) is 21.1. The third kappa shape index (κ3) is 5.09. The number of hydrogen-bond acceptors (Lipinski definition) is 3. The van der Waals surface area contributed by atoms with E-state index in [1.165, 1.54) is 74.1 Å². The van der Waals surface area contributed by atoms with Crippen molar-refractivity contribution in [2.75, 3.05) is 13.1 Å². The van der Waals surface area contributed by atoms with Gasteiger partial charge in [0.2, 0.25) is 0 Å². The normalized spacial score (nSPS) is 27.8. The second kappa shape index (κ2) is 9.76. The molecule has 0 bridgehead atoms. The Bertz CT molecular complexity index is 1040. The molecule has 2 atom stereocenters. The number of aliphatic carboxylic acids is 1. The highest BCUT2D eigenvalue weighted by Gasteiger charge is 2.39. The zero-order valence-electron chi connectivity index (χ0n) is 21.1. The maximum Gasteiger partial charge on any atom is 0.306 e. The Morgan fingerprint density at radius 3 is 2.40 bits per heavy atom. The van der Waals surface area contributed by atoms with Crippen LogP contribution in [0.15, 0.2) is 36.4 Å². The Morgan fingerprint density at radius 2 is 1.63 bits per heavy atom. The Kier molecular flexibility index (Phi) is 6.51. The monoisotopic (exact) mass is 475 g/mol. The van der Waals surface area contributed by atoms with Gasteiger partial charge >= 0.3 is 5.97 Å². The zero-order chi connectivity index (χ0) is 23.8. The number of likely N-dealkylation sites (tertiary alicyclic amines) is 1. The molecule has 2 aromatic carbocycles. The lowest BCUT2D eigenvalue weighted by atomic mass is 9.72. The first-order valence-electron chi connectivity index (χ1n) is 14.2. The molecule has 35 heavy (non-hydrogen) atoms. The molecule has 188 valence electrons. The first-order chi connectivity index (χ1) is 17.1. The summed E-state index contributed by atoms with van der Waals surface area (Å²) in [5, 5.41) is 11.9. The average molecular weight is 476 g/mol. The quantitative estimate of drug-likeness (QED) is 0.487. The van der Waals surface area contributed by atoms with Gasteiger partial charge < -0.3 is 9.84 Å². The molecule has 1 saturated heterocycles. The summed E-state index contributed by atoms with van der Waals surface area (Å²) in [6.07, 6.45) is 15.3. The Balaban J connectivity index is 1.01. The Labute approximate surface area is 210 Å². The van der Waals surface area contributed by atoms with Gasteiger partial charge in [-0.1, -0.05) is 43.9 Å². The number of fused-ring (bicyclic) bond motifs is 1. The summed E-state index contributed by atoms with van der Waals surface area (Å²) in [6.45, 7) is 3.22. The highest BCUT2D eigenvalue weighted by atomic mass is 16.5. The molecule has 1 heterocycles. The summed E-state index contributed by atoms with van der Waals surface area (Å²) < 4.78 is 6.43. The van der Waals surface area contributed by atoms with Gasteiger partial charge in [0, 0.05) is 19.6 Å². The van der Waals surface area contributed by atoms with Crippen LogP contribution in [0.5, 0.6) is 5.75 Å². The fourth-order valence-electron chi connectivity index (χ4n) is 7.76. The van der Waals surface area contributed by atoms with Crippen LogP contribution in [0, 0.1) is 23.2 Å². The molecule has 6 rings (SSSR count). The van der Waals surface area contributed by atoms with Crippen molar-refractivity contribution >= 4 is 16.7 Å². The van der Waals surface area contributed by atoms with Crippen LogP contribution in [0.3, 0.4) is 0 Å². The number of benzene rings is 2. The van der Waals surface area contributed by atoms with Crippen molar-refractivity contribution in [3.63, 3.8) is 0 Å². The van der Waals surface area contributed by atoms with E-state index in [4.69, 9.17) is 4.74 Å². The summed E-state index contributed by atoms with van der Waals surface area (Å²) in [6, 6.07) is 13.5. The fourth-order valence-corrected chi connectivity index (χ4v) is 7.76. The van der Waals surface area contributed by atoms with Gasteiger partial charge in [0.1, 0.15) is 5.75 Å². The molecule has 0 radical (unpaired) electrons. The minimum Gasteiger partial charge on any atom is -0.490 e. The van der Waals surface area contributed by atoms with Crippen molar-refractivity contribution in [2.45, 2.75) is 89.7 Å². The second-order valence-corrected chi connectivity index (χ2v) is 12.3. The topological polar surface area (TPSA) is 49.8 Å². The number of hydrogen-bond donors (Lipinski definition) is 1. The van der Waals surface area contributed by atoms with Crippen LogP contribution in [0.2, 0.25) is 0 Å². The molecule has 0 amide bonds.